The van der Waals surface area contributed by atoms with Gasteiger partial charge >= 0.3 is 5.97 Å². The largest absolute Gasteiger partial charge is 0.451 e. The fraction of sp³-hybridized carbons (Fsp3) is 0.625. The Balaban J connectivity index is 1.99. The molecule has 2 atom stereocenters. The van der Waals surface area contributed by atoms with Crippen LogP contribution in [0.15, 0.2) is 11.6 Å². The molecule has 0 saturated heterocycles. The molecule has 1 heterocycles. The zero-order valence-electron chi connectivity index (χ0n) is 19.0. The molecule has 0 bridgehead atoms. The SMILES string of the molecule is Cc1cc(/C=C(\C#N)C(=O)OCC(=O)N[C@@H]2CCCC[C@@H]2C)c(C)n1CCC(C)C. The third kappa shape index (κ3) is 6.48. The quantitative estimate of drug-likeness (QED) is 0.391. The minimum absolute atomic E-state index is 0.0991. The van der Waals surface area contributed by atoms with Crippen molar-refractivity contribution in [3.05, 3.63) is 28.6 Å². The standard InChI is InChI=1S/C24H35N3O3/c1-16(2)10-11-27-18(4)12-20(19(27)5)13-21(14-25)24(29)30-15-23(28)26-22-9-7-6-8-17(22)3/h12-13,16-17,22H,6-11,15H2,1-5H3,(H,26,28)/b21-13+/t17-,22+/m0/s1. The summed E-state index contributed by atoms with van der Waals surface area (Å²) in [5.74, 6) is -0.0564. The summed E-state index contributed by atoms with van der Waals surface area (Å²) in [5.41, 5.74) is 2.83. The Morgan fingerprint density at radius 3 is 2.67 bits per heavy atom. The summed E-state index contributed by atoms with van der Waals surface area (Å²) < 4.78 is 7.31. The van der Waals surface area contributed by atoms with Crippen LogP contribution in [0.1, 0.15) is 69.8 Å². The van der Waals surface area contributed by atoms with Crippen molar-refractivity contribution in [1.29, 1.82) is 5.26 Å². The third-order valence-corrected chi connectivity index (χ3v) is 5.98. The normalized spacial score (nSPS) is 19.4. The van der Waals surface area contributed by atoms with Gasteiger partial charge in [0.1, 0.15) is 11.6 Å². The molecule has 1 aliphatic rings. The number of hydrogen-bond acceptors (Lipinski definition) is 4. The van der Waals surface area contributed by atoms with Crippen LogP contribution >= 0.6 is 0 Å². The van der Waals surface area contributed by atoms with Crippen LogP contribution in [0.2, 0.25) is 0 Å². The van der Waals surface area contributed by atoms with Crippen molar-refractivity contribution in [3.8, 4) is 6.07 Å². The zero-order valence-corrected chi connectivity index (χ0v) is 19.0. The molecule has 0 aromatic carbocycles. The highest BCUT2D eigenvalue weighted by Crippen LogP contribution is 2.23. The van der Waals surface area contributed by atoms with Crippen LogP contribution in [0.5, 0.6) is 0 Å². The number of carbonyl (C=O) groups excluding carboxylic acids is 2. The Hall–Kier alpha value is -2.55. The van der Waals surface area contributed by atoms with Crippen molar-refractivity contribution < 1.29 is 14.3 Å². The van der Waals surface area contributed by atoms with Gasteiger partial charge in [-0.2, -0.15) is 5.26 Å². The lowest BCUT2D eigenvalue weighted by molar-refractivity contribution is -0.144. The van der Waals surface area contributed by atoms with Crippen LogP contribution in [-0.4, -0.2) is 29.1 Å². The van der Waals surface area contributed by atoms with E-state index < -0.39 is 5.97 Å². The summed E-state index contributed by atoms with van der Waals surface area (Å²) in [6, 6.07) is 4.02. The van der Waals surface area contributed by atoms with Crippen molar-refractivity contribution >= 4 is 18.0 Å². The Morgan fingerprint density at radius 1 is 1.33 bits per heavy atom. The first-order valence-electron chi connectivity index (χ1n) is 11.0. The monoisotopic (exact) mass is 413 g/mol. The number of aryl methyl sites for hydroxylation is 1. The summed E-state index contributed by atoms with van der Waals surface area (Å²) >= 11 is 0. The molecular weight excluding hydrogens is 378 g/mol. The van der Waals surface area contributed by atoms with Crippen molar-refractivity contribution in [2.45, 2.75) is 79.3 Å². The van der Waals surface area contributed by atoms with Gasteiger partial charge in [0.2, 0.25) is 0 Å². The second-order valence-corrected chi connectivity index (χ2v) is 8.84. The zero-order chi connectivity index (χ0) is 22.3. The van der Waals surface area contributed by atoms with Gasteiger partial charge in [-0.05, 0) is 62.7 Å². The average molecular weight is 414 g/mol. The molecule has 1 amide bonds. The van der Waals surface area contributed by atoms with E-state index in [9.17, 15) is 14.9 Å². The number of rotatable bonds is 8. The predicted molar refractivity (Wildman–Crippen MR) is 117 cm³/mol. The number of nitrogens with zero attached hydrogens (tertiary/aromatic N) is 2. The third-order valence-electron chi connectivity index (χ3n) is 5.98. The first-order chi connectivity index (χ1) is 14.2. The first kappa shape index (κ1) is 23.7. The molecule has 1 aromatic rings. The fourth-order valence-corrected chi connectivity index (χ4v) is 3.99. The minimum Gasteiger partial charge on any atom is -0.451 e. The Kier molecular flexibility index (Phi) is 8.71. The number of amides is 1. The maximum atomic E-state index is 12.4. The van der Waals surface area contributed by atoms with Gasteiger partial charge in [-0.3, -0.25) is 4.79 Å². The summed E-state index contributed by atoms with van der Waals surface area (Å²) in [7, 11) is 0. The van der Waals surface area contributed by atoms with Crippen LogP contribution < -0.4 is 5.32 Å². The molecule has 0 aliphatic heterocycles. The molecule has 30 heavy (non-hydrogen) atoms. The van der Waals surface area contributed by atoms with Crippen LogP contribution in [0.4, 0.5) is 0 Å². The average Bonchev–Trinajstić information content (AvgIpc) is 2.97. The second kappa shape index (κ2) is 11.0. The molecule has 1 aliphatic carbocycles. The van der Waals surface area contributed by atoms with Gasteiger partial charge in [-0.15, -0.1) is 0 Å². The van der Waals surface area contributed by atoms with Crippen molar-refractivity contribution in [1.82, 2.24) is 9.88 Å². The maximum Gasteiger partial charge on any atom is 0.349 e. The highest BCUT2D eigenvalue weighted by molar-refractivity contribution is 5.99. The topological polar surface area (TPSA) is 84.1 Å². The van der Waals surface area contributed by atoms with E-state index in [0.717, 1.165) is 49.2 Å². The van der Waals surface area contributed by atoms with Gasteiger partial charge in [-0.25, -0.2) is 4.79 Å². The number of ether oxygens (including phenoxy) is 1. The lowest BCUT2D eigenvalue weighted by atomic mass is 9.86. The number of hydrogen-bond donors (Lipinski definition) is 1. The first-order valence-corrected chi connectivity index (χ1v) is 11.0. The predicted octanol–water partition coefficient (Wildman–Crippen LogP) is 4.30. The lowest BCUT2D eigenvalue weighted by Gasteiger charge is -2.29. The van der Waals surface area contributed by atoms with Gasteiger partial charge in [-0.1, -0.05) is 33.6 Å². The molecule has 1 aromatic heterocycles. The number of esters is 1. The minimum atomic E-state index is -0.767. The number of nitriles is 1. The van der Waals surface area contributed by atoms with E-state index in [1.54, 1.807) is 6.08 Å². The second-order valence-electron chi connectivity index (χ2n) is 8.84. The molecule has 1 N–H and O–H groups in total. The molecule has 1 saturated carbocycles. The fourth-order valence-electron chi connectivity index (χ4n) is 3.99. The van der Waals surface area contributed by atoms with Crippen LogP contribution in [0.3, 0.4) is 0 Å². The van der Waals surface area contributed by atoms with E-state index in [2.05, 4.69) is 30.7 Å². The molecule has 164 valence electrons. The summed E-state index contributed by atoms with van der Waals surface area (Å²) in [5, 5.41) is 12.4. The number of carbonyl (C=O) groups is 2. The summed E-state index contributed by atoms with van der Waals surface area (Å²) in [6.45, 7) is 11.0. The molecule has 1 fully saturated rings. The molecule has 0 spiro atoms. The smallest absolute Gasteiger partial charge is 0.349 e. The Morgan fingerprint density at radius 2 is 2.03 bits per heavy atom. The molecule has 6 heteroatoms. The van der Waals surface area contributed by atoms with E-state index in [4.69, 9.17) is 4.74 Å². The highest BCUT2D eigenvalue weighted by Gasteiger charge is 2.23. The summed E-state index contributed by atoms with van der Waals surface area (Å²) in [6.07, 6.45) is 6.96. The van der Waals surface area contributed by atoms with E-state index in [0.29, 0.717) is 11.8 Å². The molecule has 2 rings (SSSR count). The lowest BCUT2D eigenvalue weighted by Crippen LogP contribution is -2.42. The Bertz CT molecular complexity index is 829. The highest BCUT2D eigenvalue weighted by atomic mass is 16.5. The van der Waals surface area contributed by atoms with Gasteiger partial charge in [0, 0.05) is 24.0 Å². The van der Waals surface area contributed by atoms with E-state index in [-0.39, 0.29) is 24.1 Å². The van der Waals surface area contributed by atoms with Crippen LogP contribution in [0, 0.1) is 37.0 Å². The van der Waals surface area contributed by atoms with E-state index in [1.807, 2.05) is 26.0 Å². The number of nitrogens with one attached hydrogen (secondary N) is 1. The maximum absolute atomic E-state index is 12.4. The van der Waals surface area contributed by atoms with Crippen molar-refractivity contribution in [2.24, 2.45) is 11.8 Å². The molecule has 0 radical (unpaired) electrons. The molecule has 0 unspecified atom stereocenters. The molecular formula is C24H35N3O3. The number of aromatic nitrogens is 1. The summed E-state index contributed by atoms with van der Waals surface area (Å²) in [4.78, 5) is 24.5. The van der Waals surface area contributed by atoms with Gasteiger partial charge in [0.25, 0.3) is 5.91 Å². The molecule has 6 nitrogen and oxygen atoms in total. The van der Waals surface area contributed by atoms with E-state index in [1.165, 1.54) is 6.42 Å². The van der Waals surface area contributed by atoms with Gasteiger partial charge in [0.15, 0.2) is 6.61 Å². The van der Waals surface area contributed by atoms with Gasteiger partial charge < -0.3 is 14.6 Å². The van der Waals surface area contributed by atoms with Crippen molar-refractivity contribution in [3.63, 3.8) is 0 Å². The van der Waals surface area contributed by atoms with Crippen LogP contribution in [0.25, 0.3) is 6.08 Å². The van der Waals surface area contributed by atoms with Crippen LogP contribution in [-0.2, 0) is 20.9 Å². The van der Waals surface area contributed by atoms with E-state index >= 15 is 0 Å². The Labute approximate surface area is 180 Å². The van der Waals surface area contributed by atoms with Gasteiger partial charge in [0.05, 0.1) is 0 Å². The van der Waals surface area contributed by atoms with Crippen molar-refractivity contribution in [2.75, 3.05) is 6.61 Å².